The second-order valence-electron chi connectivity index (χ2n) is 6.83. The maximum absolute atomic E-state index is 6.29. The first kappa shape index (κ1) is 17.4. The largest absolute Gasteiger partial charge is 0.474 e. The molecular weight excluding hydrogens is 380 g/mol. The van der Waals surface area contributed by atoms with Crippen molar-refractivity contribution in [2.75, 3.05) is 13.2 Å². The molecule has 4 heterocycles. The fourth-order valence-electron chi connectivity index (χ4n) is 3.56. The average molecular weight is 399 g/mol. The molecule has 2 aliphatic heterocycles. The molecule has 0 amide bonds. The smallest absolute Gasteiger partial charge is 0.237 e. The summed E-state index contributed by atoms with van der Waals surface area (Å²) in [5.41, 5.74) is 3.55. The Morgan fingerprint density at radius 2 is 2.21 bits per heavy atom. The zero-order chi connectivity index (χ0) is 19.3. The van der Waals surface area contributed by atoms with Gasteiger partial charge in [-0.25, -0.2) is 9.98 Å². The van der Waals surface area contributed by atoms with Gasteiger partial charge in [0.25, 0.3) is 0 Å². The molecule has 0 saturated heterocycles. The van der Waals surface area contributed by atoms with Gasteiger partial charge in [-0.05, 0) is 32.0 Å². The lowest BCUT2D eigenvalue weighted by Gasteiger charge is -2.10. The number of fused-ring (bicyclic) bond motifs is 5. The molecule has 2 aliphatic rings. The van der Waals surface area contributed by atoms with Crippen LogP contribution in [0.25, 0.3) is 17.1 Å². The predicted molar refractivity (Wildman–Crippen MR) is 104 cm³/mol. The highest BCUT2D eigenvalue weighted by Crippen LogP contribution is 2.34. The van der Waals surface area contributed by atoms with Crippen LogP contribution in [-0.2, 0) is 22.6 Å². The van der Waals surface area contributed by atoms with Gasteiger partial charge in [0.15, 0.2) is 11.6 Å². The predicted octanol–water partition coefficient (Wildman–Crippen LogP) is 2.85. The van der Waals surface area contributed by atoms with Crippen LogP contribution in [0.2, 0.25) is 5.02 Å². The van der Waals surface area contributed by atoms with E-state index in [9.17, 15) is 0 Å². The van der Waals surface area contributed by atoms with Crippen LogP contribution in [0.15, 0.2) is 29.5 Å². The summed E-state index contributed by atoms with van der Waals surface area (Å²) in [5.74, 6) is 2.09. The summed E-state index contributed by atoms with van der Waals surface area (Å²) < 4.78 is 15.5. The van der Waals surface area contributed by atoms with E-state index in [1.165, 1.54) is 0 Å². The monoisotopic (exact) mass is 398 g/mol. The van der Waals surface area contributed by atoms with Crippen LogP contribution in [0.5, 0.6) is 0 Å². The van der Waals surface area contributed by atoms with Gasteiger partial charge in [-0.3, -0.25) is 4.57 Å². The van der Waals surface area contributed by atoms with Crippen molar-refractivity contribution in [2.24, 2.45) is 4.99 Å². The van der Waals surface area contributed by atoms with Gasteiger partial charge >= 0.3 is 0 Å². The second kappa shape index (κ2) is 6.72. The second-order valence-corrected chi connectivity index (χ2v) is 7.27. The third-order valence-corrected chi connectivity index (χ3v) is 5.13. The number of rotatable bonds is 4. The van der Waals surface area contributed by atoms with E-state index in [0.29, 0.717) is 37.3 Å². The number of aromatic nitrogens is 5. The topological polar surface area (TPSA) is 79.3 Å². The quantitative estimate of drug-likeness (QED) is 0.528. The Bertz CT molecular complexity index is 1090. The molecule has 0 fully saturated rings. The lowest BCUT2D eigenvalue weighted by Crippen LogP contribution is -2.13. The normalized spacial score (nSPS) is 17.4. The van der Waals surface area contributed by atoms with E-state index in [2.05, 4.69) is 24.7 Å². The number of hydrogen-bond donors (Lipinski definition) is 0. The van der Waals surface area contributed by atoms with Crippen molar-refractivity contribution in [3.8, 4) is 17.1 Å². The van der Waals surface area contributed by atoms with Crippen LogP contribution < -0.4 is 0 Å². The van der Waals surface area contributed by atoms with E-state index in [-0.39, 0.29) is 6.04 Å². The Morgan fingerprint density at radius 3 is 3.00 bits per heavy atom. The maximum atomic E-state index is 6.29. The highest BCUT2D eigenvalue weighted by atomic mass is 35.5. The van der Waals surface area contributed by atoms with E-state index in [4.69, 9.17) is 21.1 Å². The third-order valence-electron chi connectivity index (χ3n) is 4.90. The van der Waals surface area contributed by atoms with Gasteiger partial charge in [-0.2, -0.15) is 0 Å². The van der Waals surface area contributed by atoms with Crippen molar-refractivity contribution < 1.29 is 9.47 Å². The summed E-state index contributed by atoms with van der Waals surface area (Å²) in [6.45, 7) is 6.08. The minimum atomic E-state index is 0.128. The van der Waals surface area contributed by atoms with Gasteiger partial charge in [0.1, 0.15) is 25.2 Å². The molecule has 2 aromatic heterocycles. The zero-order valence-electron chi connectivity index (χ0n) is 15.6. The minimum Gasteiger partial charge on any atom is -0.474 e. The summed E-state index contributed by atoms with van der Waals surface area (Å²) in [4.78, 5) is 9.20. The van der Waals surface area contributed by atoms with E-state index in [0.717, 1.165) is 34.3 Å². The molecule has 0 N–H and O–H groups in total. The molecule has 5 rings (SSSR count). The van der Waals surface area contributed by atoms with E-state index < -0.39 is 0 Å². The van der Waals surface area contributed by atoms with Gasteiger partial charge in [0.2, 0.25) is 5.90 Å². The fraction of sp³-hybridized carbons (Fsp3) is 0.368. The maximum Gasteiger partial charge on any atom is 0.237 e. The molecule has 3 aromatic rings. The lowest BCUT2D eigenvalue weighted by atomic mass is 10.1. The molecule has 0 radical (unpaired) electrons. The number of ether oxygens (including phenoxy) is 2. The molecule has 1 aromatic carbocycles. The Balaban J connectivity index is 1.72. The van der Waals surface area contributed by atoms with Crippen LogP contribution in [-0.4, -0.2) is 49.5 Å². The summed E-state index contributed by atoms with van der Waals surface area (Å²) >= 11 is 6.29. The number of nitrogens with zero attached hydrogens (tertiary/aromatic N) is 6. The average Bonchev–Trinajstić information content (AvgIpc) is 3.38. The Morgan fingerprint density at radius 1 is 1.32 bits per heavy atom. The molecule has 1 unspecified atom stereocenters. The minimum absolute atomic E-state index is 0.128. The molecule has 9 heteroatoms. The van der Waals surface area contributed by atoms with E-state index in [1.54, 1.807) is 6.33 Å². The van der Waals surface area contributed by atoms with Crippen molar-refractivity contribution in [1.29, 1.82) is 0 Å². The van der Waals surface area contributed by atoms with Gasteiger partial charge < -0.3 is 14.0 Å². The number of halogens is 1. The number of imidazole rings is 1. The first-order chi connectivity index (χ1) is 13.7. The molecule has 28 heavy (non-hydrogen) atoms. The summed E-state index contributed by atoms with van der Waals surface area (Å²) in [5, 5.41) is 9.43. The molecule has 144 valence electrons. The van der Waals surface area contributed by atoms with Crippen LogP contribution in [0.4, 0.5) is 0 Å². The number of hydrogen-bond acceptors (Lipinski definition) is 6. The van der Waals surface area contributed by atoms with Gasteiger partial charge in [-0.1, -0.05) is 11.6 Å². The molecule has 0 bridgehead atoms. The van der Waals surface area contributed by atoms with Crippen molar-refractivity contribution in [2.45, 2.75) is 33.0 Å². The molecule has 0 aliphatic carbocycles. The number of aliphatic imine (C=N–C) groups is 1. The Kier molecular flexibility index (Phi) is 4.17. The SMILES string of the molecule is CCOCc1nnc2n1Cc1c(C3=NC(C)CO3)ncn1-c1ccc(Cl)cc1-2. The van der Waals surface area contributed by atoms with Crippen molar-refractivity contribution in [1.82, 2.24) is 24.3 Å². The van der Waals surface area contributed by atoms with Gasteiger partial charge in [0, 0.05) is 17.2 Å². The van der Waals surface area contributed by atoms with Crippen molar-refractivity contribution >= 4 is 17.5 Å². The highest BCUT2D eigenvalue weighted by molar-refractivity contribution is 6.31. The highest BCUT2D eigenvalue weighted by Gasteiger charge is 2.29. The first-order valence-corrected chi connectivity index (χ1v) is 9.60. The standard InChI is InChI=1S/C19H19ClN6O2/c1-3-27-9-16-23-24-18-13-6-12(20)4-5-14(13)26-10-21-17(15(26)7-25(16)18)19-22-11(2)8-28-19/h4-6,10-11H,3,7-9H2,1-2H3. The van der Waals surface area contributed by atoms with Gasteiger partial charge in [0.05, 0.1) is 24.0 Å². The van der Waals surface area contributed by atoms with E-state index in [1.807, 2.05) is 36.6 Å². The first-order valence-electron chi connectivity index (χ1n) is 9.23. The summed E-state index contributed by atoms with van der Waals surface area (Å²) in [7, 11) is 0. The molecular formula is C19H19ClN6O2. The van der Waals surface area contributed by atoms with Crippen LogP contribution in [0, 0.1) is 0 Å². The fourth-order valence-corrected chi connectivity index (χ4v) is 3.73. The summed E-state index contributed by atoms with van der Waals surface area (Å²) in [6.07, 6.45) is 1.80. The lowest BCUT2D eigenvalue weighted by molar-refractivity contribution is 0.125. The molecule has 0 saturated carbocycles. The van der Waals surface area contributed by atoms with Crippen LogP contribution in [0.1, 0.15) is 31.1 Å². The Labute approximate surface area is 166 Å². The molecule has 1 atom stereocenters. The summed E-state index contributed by atoms with van der Waals surface area (Å²) in [6, 6.07) is 5.87. The van der Waals surface area contributed by atoms with Crippen molar-refractivity contribution in [3.05, 3.63) is 46.8 Å². The van der Waals surface area contributed by atoms with Crippen LogP contribution >= 0.6 is 11.6 Å². The van der Waals surface area contributed by atoms with E-state index >= 15 is 0 Å². The molecule has 8 nitrogen and oxygen atoms in total. The zero-order valence-corrected chi connectivity index (χ0v) is 16.3. The van der Waals surface area contributed by atoms with Gasteiger partial charge in [-0.15, -0.1) is 10.2 Å². The molecule has 0 spiro atoms. The Hall–Kier alpha value is -2.71. The number of benzene rings is 1. The van der Waals surface area contributed by atoms with Crippen LogP contribution in [0.3, 0.4) is 0 Å². The van der Waals surface area contributed by atoms with Crippen molar-refractivity contribution in [3.63, 3.8) is 0 Å². The third kappa shape index (κ3) is 2.71.